The van der Waals surface area contributed by atoms with E-state index in [-0.39, 0.29) is 12.2 Å². The summed E-state index contributed by atoms with van der Waals surface area (Å²) in [6, 6.07) is 8.43. The quantitative estimate of drug-likeness (QED) is 0.442. The van der Waals surface area contributed by atoms with Gasteiger partial charge < -0.3 is 14.8 Å². The molecule has 2 fully saturated rings. The van der Waals surface area contributed by atoms with Crippen molar-refractivity contribution < 1.29 is 19.1 Å². The molecular formula is C24H31N5O4. The number of hydrogen-bond donors (Lipinski definition) is 2. The summed E-state index contributed by atoms with van der Waals surface area (Å²) in [5, 5.41) is 3.45. The van der Waals surface area contributed by atoms with Crippen LogP contribution in [0.2, 0.25) is 0 Å². The number of carbonyl (C=O) groups is 1. The summed E-state index contributed by atoms with van der Waals surface area (Å²) >= 11 is 0. The van der Waals surface area contributed by atoms with E-state index in [0.717, 1.165) is 56.9 Å². The molecule has 3 heterocycles. The van der Waals surface area contributed by atoms with E-state index in [1.165, 1.54) is 11.6 Å². The Morgan fingerprint density at radius 1 is 1.24 bits per heavy atom. The minimum atomic E-state index is -0.373. The maximum absolute atomic E-state index is 11.9. The van der Waals surface area contributed by atoms with Crippen LogP contribution in [0.4, 0.5) is 5.82 Å². The van der Waals surface area contributed by atoms with Gasteiger partial charge in [-0.1, -0.05) is 18.2 Å². The fourth-order valence-corrected chi connectivity index (χ4v) is 4.00. The van der Waals surface area contributed by atoms with Crippen LogP contribution < -0.4 is 15.5 Å². The molecule has 1 amide bonds. The van der Waals surface area contributed by atoms with Crippen LogP contribution in [0.3, 0.4) is 0 Å². The topological polar surface area (TPSA) is 97.8 Å². The third kappa shape index (κ3) is 6.98. The summed E-state index contributed by atoms with van der Waals surface area (Å²) in [5.41, 5.74) is 4.17. The second-order valence-corrected chi connectivity index (χ2v) is 8.22. The van der Waals surface area contributed by atoms with Gasteiger partial charge in [-0.05, 0) is 31.4 Å². The molecule has 0 radical (unpaired) electrons. The zero-order valence-electron chi connectivity index (χ0n) is 18.9. The molecule has 2 N–H and O–H groups in total. The molecule has 0 spiro atoms. The number of likely N-dealkylation sites (tertiary alicyclic amines) is 1. The Morgan fingerprint density at radius 3 is 2.94 bits per heavy atom. The van der Waals surface area contributed by atoms with Gasteiger partial charge in [0.05, 0.1) is 25.2 Å². The van der Waals surface area contributed by atoms with E-state index >= 15 is 0 Å². The molecule has 2 aliphatic heterocycles. The van der Waals surface area contributed by atoms with E-state index in [9.17, 15) is 4.79 Å². The average Bonchev–Trinajstić information content (AvgIpc) is 3.30. The first-order valence-electron chi connectivity index (χ1n) is 11.4. The molecule has 2 aromatic rings. The van der Waals surface area contributed by atoms with Gasteiger partial charge in [-0.3, -0.25) is 14.7 Å². The van der Waals surface area contributed by atoms with Crippen molar-refractivity contribution in [1.29, 1.82) is 0 Å². The van der Waals surface area contributed by atoms with E-state index in [4.69, 9.17) is 14.3 Å². The van der Waals surface area contributed by atoms with Crippen molar-refractivity contribution in [2.45, 2.75) is 44.6 Å². The minimum Gasteiger partial charge on any atom is -0.496 e. The summed E-state index contributed by atoms with van der Waals surface area (Å²) in [6.45, 7) is 3.45. The minimum absolute atomic E-state index is 0.306. The highest BCUT2D eigenvalue weighted by molar-refractivity contribution is 5.90. The van der Waals surface area contributed by atoms with Gasteiger partial charge >= 0.3 is 0 Å². The van der Waals surface area contributed by atoms with E-state index < -0.39 is 0 Å². The number of carbonyl (C=O) groups excluding carboxylic acids is 1. The molecule has 2 saturated heterocycles. The van der Waals surface area contributed by atoms with Crippen molar-refractivity contribution in [2.24, 2.45) is 0 Å². The van der Waals surface area contributed by atoms with Gasteiger partial charge in [-0.2, -0.15) is 0 Å². The number of nitrogens with zero attached hydrogens (tertiary/aromatic N) is 3. The van der Waals surface area contributed by atoms with E-state index in [1.807, 2.05) is 18.2 Å². The van der Waals surface area contributed by atoms with Gasteiger partial charge in [0.2, 0.25) is 0 Å². The van der Waals surface area contributed by atoms with Crippen molar-refractivity contribution >= 4 is 17.8 Å². The Balaban J connectivity index is 1.21. The molecule has 0 bridgehead atoms. The molecule has 0 aliphatic carbocycles. The number of hydroxylamine groups is 1. The van der Waals surface area contributed by atoms with Gasteiger partial charge in [-0.15, -0.1) is 0 Å². The van der Waals surface area contributed by atoms with E-state index in [0.29, 0.717) is 18.3 Å². The lowest BCUT2D eigenvalue weighted by Crippen LogP contribution is -2.32. The van der Waals surface area contributed by atoms with Gasteiger partial charge in [0, 0.05) is 50.3 Å². The number of nitrogens with one attached hydrogen (secondary N) is 2. The standard InChI is InChI=1S/C24H31N5O4/c1-31-21-7-3-2-6-18(21)16-29-12-11-20(17-29)27-22-15-25-19(14-26-22)9-10-23(30)28-33-24-8-4-5-13-32-24/h2-3,6-7,9-10,14-15,20,24H,4-5,8,11-13,16-17H2,1H3,(H,26,27)(H,28,30)/b10-9+/t20-,24?/m1/s1. The lowest BCUT2D eigenvalue weighted by molar-refractivity contribution is -0.198. The van der Waals surface area contributed by atoms with Crippen LogP contribution in [0.25, 0.3) is 6.08 Å². The fraction of sp³-hybridized carbons (Fsp3) is 0.458. The van der Waals surface area contributed by atoms with Crippen LogP contribution in [0.15, 0.2) is 42.7 Å². The van der Waals surface area contributed by atoms with Crippen LogP contribution in [0.1, 0.15) is 36.9 Å². The number of ether oxygens (including phenoxy) is 2. The number of para-hydroxylation sites is 1. The van der Waals surface area contributed by atoms with E-state index in [2.05, 4.69) is 31.7 Å². The maximum atomic E-state index is 11.9. The third-order valence-electron chi connectivity index (χ3n) is 5.72. The second-order valence-electron chi connectivity index (χ2n) is 8.22. The van der Waals surface area contributed by atoms with Gasteiger partial charge in [0.1, 0.15) is 11.6 Å². The number of anilines is 1. The Labute approximate surface area is 194 Å². The number of aromatic nitrogens is 2. The maximum Gasteiger partial charge on any atom is 0.267 e. The fourth-order valence-electron chi connectivity index (χ4n) is 4.00. The van der Waals surface area contributed by atoms with Crippen LogP contribution in [0, 0.1) is 0 Å². The lowest BCUT2D eigenvalue weighted by atomic mass is 10.2. The molecule has 2 aliphatic rings. The van der Waals surface area contributed by atoms with Crippen LogP contribution in [0.5, 0.6) is 5.75 Å². The predicted octanol–water partition coefficient (Wildman–Crippen LogP) is 2.76. The molecule has 33 heavy (non-hydrogen) atoms. The SMILES string of the molecule is COc1ccccc1CN1CC[C@@H](Nc2cnc(/C=C/C(=O)NOC3CCCCO3)cn2)C1. The van der Waals surface area contributed by atoms with Crippen LogP contribution in [-0.4, -0.2) is 59.9 Å². The number of amides is 1. The number of rotatable bonds is 9. The molecule has 4 rings (SSSR count). The molecular weight excluding hydrogens is 422 g/mol. The predicted molar refractivity (Wildman–Crippen MR) is 124 cm³/mol. The highest BCUT2D eigenvalue weighted by Crippen LogP contribution is 2.22. The normalized spacial score (nSPS) is 21.2. The van der Waals surface area contributed by atoms with Crippen LogP contribution in [-0.2, 0) is 20.9 Å². The summed E-state index contributed by atoms with van der Waals surface area (Å²) in [7, 11) is 1.71. The van der Waals surface area contributed by atoms with Crippen molar-refractivity contribution in [2.75, 3.05) is 32.1 Å². The molecule has 1 aromatic carbocycles. The monoisotopic (exact) mass is 453 g/mol. The smallest absolute Gasteiger partial charge is 0.267 e. The van der Waals surface area contributed by atoms with Crippen LogP contribution >= 0.6 is 0 Å². The third-order valence-corrected chi connectivity index (χ3v) is 5.72. The summed E-state index contributed by atoms with van der Waals surface area (Å²) in [6.07, 6.45) is 9.79. The molecule has 1 aromatic heterocycles. The first-order valence-corrected chi connectivity index (χ1v) is 11.4. The van der Waals surface area contributed by atoms with Gasteiger partial charge in [0.25, 0.3) is 5.91 Å². The van der Waals surface area contributed by atoms with Crippen molar-refractivity contribution in [3.63, 3.8) is 0 Å². The molecule has 9 heteroatoms. The first kappa shape index (κ1) is 23.2. The molecule has 2 atom stereocenters. The lowest BCUT2D eigenvalue weighted by Gasteiger charge is -2.21. The molecule has 0 saturated carbocycles. The Kier molecular flexibility index (Phi) is 8.24. The number of methoxy groups -OCH3 is 1. The largest absolute Gasteiger partial charge is 0.496 e. The highest BCUT2D eigenvalue weighted by Gasteiger charge is 2.23. The zero-order valence-corrected chi connectivity index (χ0v) is 18.9. The van der Waals surface area contributed by atoms with Crippen molar-refractivity contribution in [3.8, 4) is 5.75 Å². The molecule has 1 unspecified atom stereocenters. The summed E-state index contributed by atoms with van der Waals surface area (Å²) in [5.74, 6) is 1.28. The first-order chi connectivity index (χ1) is 16.2. The van der Waals surface area contributed by atoms with E-state index in [1.54, 1.807) is 25.6 Å². The zero-order chi connectivity index (χ0) is 22.9. The second kappa shape index (κ2) is 11.7. The number of benzene rings is 1. The summed E-state index contributed by atoms with van der Waals surface area (Å²) < 4.78 is 10.9. The Hall–Kier alpha value is -3.01. The Morgan fingerprint density at radius 2 is 2.15 bits per heavy atom. The highest BCUT2D eigenvalue weighted by atomic mass is 16.8. The number of hydrogen-bond acceptors (Lipinski definition) is 8. The molecule has 9 nitrogen and oxygen atoms in total. The average molecular weight is 454 g/mol. The van der Waals surface area contributed by atoms with Gasteiger partial charge in [-0.25, -0.2) is 15.3 Å². The van der Waals surface area contributed by atoms with Gasteiger partial charge in [0.15, 0.2) is 6.29 Å². The molecule has 176 valence electrons. The Bertz CT molecular complexity index is 931. The summed E-state index contributed by atoms with van der Waals surface area (Å²) in [4.78, 5) is 28.4. The van der Waals surface area contributed by atoms with Crippen molar-refractivity contribution in [1.82, 2.24) is 20.3 Å². The van der Waals surface area contributed by atoms with Crippen molar-refractivity contribution in [3.05, 3.63) is 54.0 Å².